The Kier molecular flexibility index (Phi) is 15.8. The molecule has 1 aliphatic heterocycles. The van der Waals surface area contributed by atoms with Crippen LogP contribution in [0.2, 0.25) is 0 Å². The van der Waals surface area contributed by atoms with Crippen LogP contribution >= 0.6 is 0 Å². The lowest BCUT2D eigenvalue weighted by atomic mass is 9.83. The Hall–Kier alpha value is -4.53. The van der Waals surface area contributed by atoms with Crippen molar-refractivity contribution in [2.75, 3.05) is 33.8 Å². The van der Waals surface area contributed by atoms with Crippen LogP contribution in [0.5, 0.6) is 0 Å². The van der Waals surface area contributed by atoms with E-state index in [1.165, 1.54) is 9.80 Å². The largest absolute Gasteiger partial charge is 0.449 e. The van der Waals surface area contributed by atoms with Crippen LogP contribution in [0.1, 0.15) is 83.7 Å². The SMILES string of the molecule is CCCC(NC(=O)C1CC(O)CN1C(=O)C(NC(=O)OCC(C)C)C1CCCCC1)C(=O)C(=O)NCC(=O)NC(C(=O)N(C)C)c1ccccc1. The zero-order valence-corrected chi connectivity index (χ0v) is 30.3. The fourth-order valence-corrected chi connectivity index (χ4v) is 6.38. The first-order chi connectivity index (χ1) is 24.2. The molecule has 282 valence electrons. The summed E-state index contributed by atoms with van der Waals surface area (Å²) in [5.41, 5.74) is 0.536. The van der Waals surface area contributed by atoms with E-state index in [9.17, 15) is 38.7 Å². The molecule has 0 aromatic heterocycles. The van der Waals surface area contributed by atoms with Crippen LogP contribution in [0.4, 0.5) is 4.79 Å². The standard InChI is InChI=1S/C36H54N6O9/c1-6-13-26(31(45)33(47)37-19-28(44)39-29(34(48)41(4)5)23-14-9-7-10-15-23)38-32(46)27-18-25(43)20-42(27)35(49)30(24-16-11-8-12-17-24)40-36(50)51-21-22(2)3/h7,9-10,14-15,22,24-27,29-30,43H,6,8,11-13,16-21H2,1-5H3,(H,37,47)(H,38,46)(H,39,44)(H,40,50). The fourth-order valence-electron chi connectivity index (χ4n) is 6.38. The third-order valence-corrected chi connectivity index (χ3v) is 9.04. The molecule has 2 aliphatic rings. The molecule has 1 saturated heterocycles. The van der Waals surface area contributed by atoms with Crippen molar-refractivity contribution in [3.8, 4) is 0 Å². The van der Waals surface area contributed by atoms with E-state index in [4.69, 9.17) is 4.74 Å². The molecule has 0 spiro atoms. The van der Waals surface area contributed by atoms with E-state index in [0.717, 1.165) is 19.3 Å². The van der Waals surface area contributed by atoms with Crippen LogP contribution < -0.4 is 21.3 Å². The van der Waals surface area contributed by atoms with Gasteiger partial charge in [-0.25, -0.2) is 4.79 Å². The molecule has 3 rings (SSSR count). The Morgan fingerprint density at radius 1 is 0.961 bits per heavy atom. The van der Waals surface area contributed by atoms with Gasteiger partial charge in [0.25, 0.3) is 5.91 Å². The van der Waals surface area contributed by atoms with Gasteiger partial charge in [0, 0.05) is 27.1 Å². The van der Waals surface area contributed by atoms with Crippen molar-refractivity contribution in [1.82, 2.24) is 31.1 Å². The number of aliphatic hydroxyl groups is 1. The van der Waals surface area contributed by atoms with Gasteiger partial charge in [-0.05, 0) is 36.7 Å². The maximum atomic E-state index is 14.0. The maximum Gasteiger partial charge on any atom is 0.407 e. The van der Waals surface area contributed by atoms with Crippen molar-refractivity contribution in [2.24, 2.45) is 11.8 Å². The fraction of sp³-hybridized carbons (Fsp3) is 0.639. The molecule has 1 aliphatic carbocycles. The van der Waals surface area contributed by atoms with E-state index in [2.05, 4.69) is 21.3 Å². The number of amides is 6. The molecule has 5 unspecified atom stereocenters. The molecule has 15 heteroatoms. The van der Waals surface area contributed by atoms with Gasteiger partial charge in [0.05, 0.1) is 25.3 Å². The first-order valence-corrected chi connectivity index (χ1v) is 17.8. The lowest BCUT2D eigenvalue weighted by Crippen LogP contribution is -2.58. The first kappa shape index (κ1) is 40.9. The van der Waals surface area contributed by atoms with Crippen LogP contribution in [0.3, 0.4) is 0 Å². The summed E-state index contributed by atoms with van der Waals surface area (Å²) in [6, 6.07) is 4.16. The number of ketones is 1. The second-order valence-corrected chi connectivity index (χ2v) is 13.9. The monoisotopic (exact) mass is 714 g/mol. The number of Topliss-reactive ketones (excluding diaryl/α,β-unsaturated/α-hetero) is 1. The molecule has 5 N–H and O–H groups in total. The molecule has 1 heterocycles. The summed E-state index contributed by atoms with van der Waals surface area (Å²) in [6.45, 7) is 4.96. The number of alkyl carbamates (subject to hydrolysis) is 1. The smallest absolute Gasteiger partial charge is 0.407 e. The molecular formula is C36H54N6O9. The minimum atomic E-state index is -1.27. The number of hydrogen-bond donors (Lipinski definition) is 5. The molecule has 5 atom stereocenters. The molecular weight excluding hydrogens is 660 g/mol. The number of nitrogens with zero attached hydrogens (tertiary/aromatic N) is 2. The van der Waals surface area contributed by atoms with Gasteiger partial charge in [-0.2, -0.15) is 0 Å². The Morgan fingerprint density at radius 2 is 1.63 bits per heavy atom. The molecule has 0 bridgehead atoms. The number of hydrogen-bond acceptors (Lipinski definition) is 9. The van der Waals surface area contributed by atoms with E-state index in [1.807, 2.05) is 13.8 Å². The van der Waals surface area contributed by atoms with Gasteiger partial charge >= 0.3 is 6.09 Å². The Balaban J connectivity index is 1.67. The van der Waals surface area contributed by atoms with Gasteiger partial charge in [0.2, 0.25) is 29.4 Å². The molecule has 1 aromatic carbocycles. The average molecular weight is 715 g/mol. The van der Waals surface area contributed by atoms with Crippen LogP contribution in [-0.4, -0.2) is 114 Å². The second kappa shape index (κ2) is 19.8. The normalized spacial score (nSPS) is 19.3. The van der Waals surface area contributed by atoms with Crippen molar-refractivity contribution >= 4 is 41.4 Å². The van der Waals surface area contributed by atoms with Gasteiger partial charge in [-0.1, -0.05) is 76.8 Å². The lowest BCUT2D eigenvalue weighted by Gasteiger charge is -2.34. The second-order valence-electron chi connectivity index (χ2n) is 13.9. The van der Waals surface area contributed by atoms with Gasteiger partial charge in [0.15, 0.2) is 0 Å². The summed E-state index contributed by atoms with van der Waals surface area (Å²) >= 11 is 0. The van der Waals surface area contributed by atoms with Crippen LogP contribution in [0.25, 0.3) is 0 Å². The number of ether oxygens (including phenoxy) is 1. The van der Waals surface area contributed by atoms with Crippen molar-refractivity contribution in [2.45, 2.75) is 102 Å². The summed E-state index contributed by atoms with van der Waals surface area (Å²) in [5, 5.41) is 20.7. The van der Waals surface area contributed by atoms with E-state index in [-0.39, 0.29) is 43.7 Å². The summed E-state index contributed by atoms with van der Waals surface area (Å²) in [7, 11) is 3.09. The molecule has 51 heavy (non-hydrogen) atoms. The minimum Gasteiger partial charge on any atom is -0.449 e. The van der Waals surface area contributed by atoms with Crippen LogP contribution in [0, 0.1) is 11.8 Å². The summed E-state index contributed by atoms with van der Waals surface area (Å²) < 4.78 is 5.29. The number of carbonyl (C=O) groups excluding carboxylic acids is 7. The van der Waals surface area contributed by atoms with Gasteiger partial charge in [-0.15, -0.1) is 0 Å². The Morgan fingerprint density at radius 3 is 2.24 bits per heavy atom. The highest BCUT2D eigenvalue weighted by molar-refractivity contribution is 6.38. The molecule has 15 nitrogen and oxygen atoms in total. The molecule has 6 amide bonds. The number of likely N-dealkylation sites (N-methyl/N-ethyl adjacent to an activating group) is 1. The van der Waals surface area contributed by atoms with Crippen molar-refractivity contribution in [1.29, 1.82) is 0 Å². The number of β-amino-alcohol motifs (C(OH)–C–C–N with tert-alkyl or cyclic N) is 1. The molecule has 1 saturated carbocycles. The van der Waals surface area contributed by atoms with Crippen molar-refractivity contribution < 1.29 is 43.4 Å². The highest BCUT2D eigenvalue weighted by Gasteiger charge is 2.44. The van der Waals surface area contributed by atoms with Gasteiger partial charge < -0.3 is 40.9 Å². The number of carbonyl (C=O) groups is 7. The predicted molar refractivity (Wildman–Crippen MR) is 187 cm³/mol. The van der Waals surface area contributed by atoms with Gasteiger partial charge in [0.1, 0.15) is 18.1 Å². The number of aliphatic hydroxyl groups excluding tert-OH is 1. The topological polar surface area (TPSA) is 204 Å². The highest BCUT2D eigenvalue weighted by atomic mass is 16.5. The van der Waals surface area contributed by atoms with E-state index >= 15 is 0 Å². The molecule has 0 radical (unpaired) electrons. The average Bonchev–Trinajstić information content (AvgIpc) is 3.52. The number of benzene rings is 1. The van der Waals surface area contributed by atoms with Crippen LogP contribution in [0.15, 0.2) is 30.3 Å². The van der Waals surface area contributed by atoms with Gasteiger partial charge in [-0.3, -0.25) is 28.8 Å². The summed E-state index contributed by atoms with van der Waals surface area (Å²) in [5.74, 6) is -4.55. The Bertz CT molecular complexity index is 1380. The lowest BCUT2D eigenvalue weighted by molar-refractivity contribution is -0.143. The van der Waals surface area contributed by atoms with Crippen molar-refractivity contribution in [3.05, 3.63) is 35.9 Å². The number of rotatable bonds is 16. The van der Waals surface area contributed by atoms with Crippen LogP contribution in [-0.2, 0) is 33.5 Å². The maximum absolute atomic E-state index is 14.0. The Labute approximate surface area is 299 Å². The predicted octanol–water partition coefficient (Wildman–Crippen LogP) is 1.20. The third kappa shape index (κ3) is 12.0. The zero-order chi connectivity index (χ0) is 37.7. The number of nitrogens with one attached hydrogen (secondary N) is 4. The quantitative estimate of drug-likeness (QED) is 0.156. The first-order valence-electron chi connectivity index (χ1n) is 17.8. The zero-order valence-electron chi connectivity index (χ0n) is 30.3. The van der Waals surface area contributed by atoms with E-state index in [1.54, 1.807) is 51.4 Å². The minimum absolute atomic E-state index is 0.0881. The number of likely N-dealkylation sites (tertiary alicyclic amines) is 1. The highest BCUT2D eigenvalue weighted by Crippen LogP contribution is 2.29. The molecule has 1 aromatic rings. The summed E-state index contributed by atoms with van der Waals surface area (Å²) in [4.78, 5) is 94.6. The molecule has 2 fully saturated rings. The van der Waals surface area contributed by atoms with E-state index in [0.29, 0.717) is 24.8 Å². The third-order valence-electron chi connectivity index (χ3n) is 9.04. The van der Waals surface area contributed by atoms with Crippen molar-refractivity contribution in [3.63, 3.8) is 0 Å². The van der Waals surface area contributed by atoms with E-state index < -0.39 is 72.3 Å². The summed E-state index contributed by atoms with van der Waals surface area (Å²) in [6.07, 6.45) is 2.84.